The van der Waals surface area contributed by atoms with Crippen molar-refractivity contribution in [3.05, 3.63) is 59.2 Å². The van der Waals surface area contributed by atoms with Gasteiger partial charge in [0.2, 0.25) is 12.1 Å². The highest BCUT2D eigenvalue weighted by Gasteiger charge is 2.58. The first-order chi connectivity index (χ1) is 29.2. The molecule has 0 amide bonds. The van der Waals surface area contributed by atoms with Gasteiger partial charge in [0.05, 0.1) is 54.4 Å². The molecule has 1 saturated heterocycles. The Morgan fingerprint density at radius 2 is 2.02 bits per heavy atom. The zero-order valence-electron chi connectivity index (χ0n) is 34.0. The molecule has 1 aliphatic carbocycles. The largest absolute Gasteiger partial charge is 0.478 e. The minimum Gasteiger partial charge on any atom is -0.478 e. The van der Waals surface area contributed by atoms with Crippen molar-refractivity contribution >= 4 is 39.5 Å². The lowest BCUT2D eigenvalue weighted by molar-refractivity contribution is -0.413. The Hall–Kier alpha value is -3.59. The van der Waals surface area contributed by atoms with Gasteiger partial charge in [0.15, 0.2) is 18.4 Å². The number of nitrogens with zero attached hydrogens (tertiary/aromatic N) is 2. The second kappa shape index (κ2) is 20.7. The van der Waals surface area contributed by atoms with E-state index in [-0.39, 0.29) is 66.7 Å². The number of ether oxygens (including phenoxy) is 5. The first kappa shape index (κ1) is 46.9. The summed E-state index contributed by atoms with van der Waals surface area (Å²) in [4.78, 5) is 33.5. The molecule has 0 aromatic rings. The fourth-order valence-electron chi connectivity index (χ4n) is 8.27. The Bertz CT molecular complexity index is 1860. The van der Waals surface area contributed by atoms with Gasteiger partial charge in [0, 0.05) is 60.7 Å². The molecular weight excluding hydrogens is 837 g/mol. The van der Waals surface area contributed by atoms with Crippen molar-refractivity contribution in [3.63, 3.8) is 0 Å². The lowest BCUT2D eigenvalue weighted by atomic mass is 9.77. The highest BCUT2D eigenvalue weighted by molar-refractivity contribution is 8.77. The number of allylic oxidation sites excluding steroid dienone is 1. The maximum absolute atomic E-state index is 14.5. The van der Waals surface area contributed by atoms with E-state index < -0.39 is 85.3 Å². The van der Waals surface area contributed by atoms with Crippen LogP contribution in [0.15, 0.2) is 64.2 Å². The van der Waals surface area contributed by atoms with Crippen molar-refractivity contribution < 1.29 is 69.0 Å². The van der Waals surface area contributed by atoms with E-state index >= 15 is 0 Å². The van der Waals surface area contributed by atoms with Gasteiger partial charge in [-0.25, -0.2) is 9.59 Å². The molecule has 6 aliphatic rings. The van der Waals surface area contributed by atoms with Crippen molar-refractivity contribution in [2.24, 2.45) is 28.5 Å². The van der Waals surface area contributed by atoms with Crippen LogP contribution >= 0.6 is 21.6 Å². The molecule has 0 aromatic carbocycles. The number of rotatable bonds is 12. The van der Waals surface area contributed by atoms with Gasteiger partial charge in [-0.3, -0.25) is 4.99 Å². The number of nitrogens with two attached hydrogens (primary N) is 1. The third-order valence-electron chi connectivity index (χ3n) is 11.4. The molecule has 0 radical (unpaired) electrons. The third kappa shape index (κ3) is 10.5. The monoisotopic (exact) mass is 892 g/mol. The predicted octanol–water partition coefficient (Wildman–Crippen LogP) is 0.209. The second-order valence-electron chi connectivity index (χ2n) is 15.9. The molecule has 5 heterocycles. The van der Waals surface area contributed by atoms with E-state index in [1.54, 1.807) is 46.4 Å². The molecule has 0 spiro atoms. The highest BCUT2D eigenvalue weighted by atomic mass is 33.1. The number of aliphatic hydroxyl groups excluding tert-OH is 4. The summed E-state index contributed by atoms with van der Waals surface area (Å²) in [5.74, 6) is 0.159. The van der Waals surface area contributed by atoms with Crippen LogP contribution in [0, 0.1) is 29.6 Å². The van der Waals surface area contributed by atoms with Gasteiger partial charge in [-0.15, -0.1) is 6.58 Å². The highest BCUT2D eigenvalue weighted by Crippen LogP contribution is 2.44. The Labute approximate surface area is 361 Å². The number of fused-ring (bicyclic) bond motifs is 8. The molecule has 1 saturated carbocycles. The average Bonchev–Trinajstić information content (AvgIpc) is 3.66. The van der Waals surface area contributed by atoms with Crippen LogP contribution in [-0.4, -0.2) is 157 Å². The van der Waals surface area contributed by atoms with Crippen LogP contribution in [-0.2, 0) is 33.3 Å². The number of esters is 1. The van der Waals surface area contributed by atoms with Crippen LogP contribution < -0.4 is 11.1 Å². The first-order valence-electron chi connectivity index (χ1n) is 20.3. The van der Waals surface area contributed by atoms with Crippen LogP contribution in [0.5, 0.6) is 0 Å². The molecule has 0 unspecified atom stereocenters. The van der Waals surface area contributed by atoms with Gasteiger partial charge >= 0.3 is 11.9 Å². The zero-order chi connectivity index (χ0) is 44.0. The topological polar surface area (TPSA) is 276 Å². The van der Waals surface area contributed by atoms with Crippen LogP contribution in [0.25, 0.3) is 0 Å². The molecule has 10 N–H and O–H groups in total. The summed E-state index contributed by atoms with van der Waals surface area (Å²) in [5, 5.41) is 76.4. The van der Waals surface area contributed by atoms with Crippen LogP contribution in [0.1, 0.15) is 46.0 Å². The smallest absolute Gasteiger partial charge is 0.339 e. The lowest BCUT2D eigenvalue weighted by Gasteiger charge is -2.48. The molecule has 20 heteroatoms. The number of hydrogen-bond donors (Lipinski definition) is 9. The number of aliphatic hydroxyl groups is 6. The minimum absolute atomic E-state index is 0.0380. The standard InChI is InChI=1S/C41H56N4O14S2/c1-4-25-32-22-8-6-11-31(28(17-47)45-15-24(14-22)33(26(16-45)36(50)51)44-40(42)43-12-7-13-46)61-60-20-23-9-5-10-29(23)57-37(52)27(32)19-55-38(25)59-39-35(56-21(2)3)41(53,54)34(49)30(18-48)58-39/h4,14,16,19,21,23,25,28-32,34-35,38-39,46-49,53-54H,1,5,7,9-13,15,17-18,20H2,2-3H3,(H,50,51)(H3,42,43,44)/b22-14+/t23-,25+,28-,29+,30+,31-,32-,34+,35-,38-,39-/m0/s1. The van der Waals surface area contributed by atoms with Crippen molar-refractivity contribution in [1.29, 1.82) is 0 Å². The number of carbonyl (C=O) groups excluding carboxylic acids is 1. The Balaban J connectivity index is 1.53. The molecule has 2 fully saturated rings. The van der Waals surface area contributed by atoms with E-state index in [0.717, 1.165) is 12.8 Å². The molecule has 0 aromatic heterocycles. The number of hydrogen-bond acceptors (Lipinski definition) is 17. The minimum atomic E-state index is -2.95. The molecule has 18 nitrogen and oxygen atoms in total. The zero-order valence-corrected chi connectivity index (χ0v) is 35.6. The Kier molecular flexibility index (Phi) is 15.9. The quantitative estimate of drug-likeness (QED) is 0.0185. The van der Waals surface area contributed by atoms with Crippen molar-refractivity contribution in [3.8, 4) is 11.8 Å². The van der Waals surface area contributed by atoms with Gasteiger partial charge in [0.1, 0.15) is 18.3 Å². The van der Waals surface area contributed by atoms with Crippen LogP contribution in [0.2, 0.25) is 0 Å². The van der Waals surface area contributed by atoms with Gasteiger partial charge in [-0.05, 0) is 51.2 Å². The maximum Gasteiger partial charge on any atom is 0.339 e. The van der Waals surface area contributed by atoms with Crippen LogP contribution in [0.4, 0.5) is 0 Å². The van der Waals surface area contributed by atoms with Crippen molar-refractivity contribution in [2.45, 2.75) is 106 Å². The van der Waals surface area contributed by atoms with E-state index in [0.29, 0.717) is 29.7 Å². The van der Waals surface area contributed by atoms with Crippen LogP contribution in [0.3, 0.4) is 0 Å². The summed E-state index contributed by atoms with van der Waals surface area (Å²) in [6.45, 7) is 6.31. The fourth-order valence-corrected chi connectivity index (χ4v) is 11.5. The molecule has 336 valence electrons. The number of aliphatic carboxylic acids is 1. The molecule has 61 heavy (non-hydrogen) atoms. The summed E-state index contributed by atoms with van der Waals surface area (Å²) >= 11 is 0. The summed E-state index contributed by atoms with van der Waals surface area (Å²) in [7, 11) is 3.14. The lowest BCUT2D eigenvalue weighted by Crippen LogP contribution is -2.69. The van der Waals surface area contributed by atoms with Crippen molar-refractivity contribution in [1.82, 2.24) is 10.2 Å². The van der Waals surface area contributed by atoms with E-state index in [1.807, 2.05) is 0 Å². The SMILES string of the molecule is C=C[C@H]1[C@H](O[C@@H]2O[C@H](CO)[C@@H](O)C(O)(O)[C@H]2OC(C)C)OC=C2C(=O)O[C@@H]3CCC[C@H]3CSS[C@H]3CC#C/C(=C\C4=C(NC(N)=NCCCO)C(C(=O)O)=CN(C4)[C@H]3CO)[C@H]21. The number of carboxylic acid groups (broad SMARTS) is 1. The number of carboxylic acids is 1. The van der Waals surface area contributed by atoms with E-state index in [1.165, 1.54) is 18.5 Å². The fraction of sp³-hybridized carbons (Fsp3) is 0.634. The van der Waals surface area contributed by atoms with E-state index in [4.69, 9.17) is 29.4 Å². The number of carbonyl (C=O) groups is 2. The number of aliphatic imine (C=N–C) groups is 1. The first-order valence-corrected chi connectivity index (χ1v) is 22.7. The molecule has 5 aliphatic heterocycles. The maximum atomic E-state index is 14.5. The molecular formula is C41H56N4O14S2. The van der Waals surface area contributed by atoms with Gasteiger partial charge in [-0.2, -0.15) is 0 Å². The average molecular weight is 893 g/mol. The Morgan fingerprint density at radius 3 is 2.70 bits per heavy atom. The van der Waals surface area contributed by atoms with Gasteiger partial charge < -0.3 is 75.4 Å². The van der Waals surface area contributed by atoms with Gasteiger partial charge in [-0.1, -0.05) is 39.5 Å². The second-order valence-corrected chi connectivity index (χ2v) is 18.5. The van der Waals surface area contributed by atoms with E-state index in [9.17, 15) is 45.3 Å². The normalized spacial score (nSPS) is 34.9. The Morgan fingerprint density at radius 1 is 1.23 bits per heavy atom. The number of nitrogens with one attached hydrogen (secondary N) is 1. The number of guanidine groups is 1. The summed E-state index contributed by atoms with van der Waals surface area (Å²) < 4.78 is 30.4. The third-order valence-corrected chi connectivity index (χ3v) is 14.4. The van der Waals surface area contributed by atoms with Gasteiger partial charge in [0.25, 0.3) is 0 Å². The van der Waals surface area contributed by atoms with Crippen molar-refractivity contribution in [2.75, 3.05) is 38.7 Å². The molecule has 11 atom stereocenters. The summed E-state index contributed by atoms with van der Waals surface area (Å²) in [5.41, 5.74) is 6.91. The molecule has 6 rings (SSSR count). The summed E-state index contributed by atoms with van der Waals surface area (Å²) in [6.07, 6.45) is -0.526. The van der Waals surface area contributed by atoms with E-state index in [2.05, 4.69) is 28.7 Å². The summed E-state index contributed by atoms with van der Waals surface area (Å²) in [6, 6.07) is -0.562. The predicted molar refractivity (Wildman–Crippen MR) is 223 cm³/mol. The molecule has 4 bridgehead atoms.